The van der Waals surface area contributed by atoms with Crippen molar-refractivity contribution in [3.8, 4) is 0 Å². The SMILES string of the molecule is CC(C)C(CNC(=O)N(C)CC(=O)N(C)C)C(=O)O. The van der Waals surface area contributed by atoms with Crippen molar-refractivity contribution >= 4 is 17.9 Å². The average Bonchev–Trinajstić information content (AvgIpc) is 2.27. The smallest absolute Gasteiger partial charge is 0.317 e. The van der Waals surface area contributed by atoms with Gasteiger partial charge in [0.2, 0.25) is 5.91 Å². The van der Waals surface area contributed by atoms with Gasteiger partial charge in [-0.25, -0.2) is 4.79 Å². The number of nitrogens with zero attached hydrogens (tertiary/aromatic N) is 2. The lowest BCUT2D eigenvalue weighted by Crippen LogP contribution is -2.45. The van der Waals surface area contributed by atoms with E-state index in [2.05, 4.69) is 5.32 Å². The molecule has 0 aliphatic rings. The largest absolute Gasteiger partial charge is 0.481 e. The number of amides is 3. The first-order valence-electron chi connectivity index (χ1n) is 6.08. The quantitative estimate of drug-likeness (QED) is 0.716. The third-order valence-corrected chi connectivity index (χ3v) is 2.81. The highest BCUT2D eigenvalue weighted by Gasteiger charge is 2.23. The molecule has 0 aromatic heterocycles. The van der Waals surface area contributed by atoms with Crippen molar-refractivity contribution in [3.63, 3.8) is 0 Å². The fourth-order valence-corrected chi connectivity index (χ4v) is 1.36. The summed E-state index contributed by atoms with van der Waals surface area (Å²) < 4.78 is 0. The normalized spacial score (nSPS) is 11.9. The molecule has 19 heavy (non-hydrogen) atoms. The molecule has 7 heteroatoms. The molecule has 1 atom stereocenters. The molecule has 0 bridgehead atoms. The van der Waals surface area contributed by atoms with Gasteiger partial charge < -0.3 is 20.2 Å². The van der Waals surface area contributed by atoms with Crippen LogP contribution in [0.5, 0.6) is 0 Å². The Morgan fingerprint density at radius 2 is 1.68 bits per heavy atom. The summed E-state index contributed by atoms with van der Waals surface area (Å²) in [6, 6.07) is -0.456. The number of hydrogen-bond donors (Lipinski definition) is 2. The molecule has 0 aromatic carbocycles. The Morgan fingerprint density at radius 3 is 2.05 bits per heavy atom. The second-order valence-electron chi connectivity index (χ2n) is 5.02. The van der Waals surface area contributed by atoms with E-state index in [1.54, 1.807) is 27.9 Å². The first-order valence-corrected chi connectivity index (χ1v) is 6.08. The van der Waals surface area contributed by atoms with Gasteiger partial charge in [-0.05, 0) is 5.92 Å². The number of carbonyl (C=O) groups is 3. The van der Waals surface area contributed by atoms with Crippen LogP contribution in [0.4, 0.5) is 4.79 Å². The summed E-state index contributed by atoms with van der Waals surface area (Å²) in [6.45, 7) is 3.57. The van der Waals surface area contributed by atoms with Crippen LogP contribution >= 0.6 is 0 Å². The van der Waals surface area contributed by atoms with Crippen LogP contribution in [0, 0.1) is 11.8 Å². The van der Waals surface area contributed by atoms with Gasteiger partial charge in [0, 0.05) is 27.7 Å². The van der Waals surface area contributed by atoms with Crippen LogP contribution in [0.2, 0.25) is 0 Å². The molecule has 0 saturated carbocycles. The highest BCUT2D eigenvalue weighted by Crippen LogP contribution is 2.09. The van der Waals surface area contributed by atoms with Gasteiger partial charge in [0.05, 0.1) is 5.92 Å². The van der Waals surface area contributed by atoms with Crippen molar-refractivity contribution in [2.75, 3.05) is 34.2 Å². The van der Waals surface area contributed by atoms with Crippen LogP contribution in [-0.4, -0.2) is 67.0 Å². The average molecular weight is 273 g/mol. The number of likely N-dealkylation sites (N-methyl/N-ethyl adjacent to an activating group) is 2. The molecule has 0 aliphatic carbocycles. The van der Waals surface area contributed by atoms with Gasteiger partial charge in [0.25, 0.3) is 0 Å². The number of carbonyl (C=O) groups excluding carboxylic acids is 2. The number of hydrogen-bond acceptors (Lipinski definition) is 3. The zero-order valence-corrected chi connectivity index (χ0v) is 12.1. The first-order chi connectivity index (χ1) is 8.66. The molecular weight excluding hydrogens is 250 g/mol. The van der Waals surface area contributed by atoms with Gasteiger partial charge in [0.15, 0.2) is 0 Å². The van der Waals surface area contributed by atoms with Crippen LogP contribution in [-0.2, 0) is 9.59 Å². The zero-order chi connectivity index (χ0) is 15.2. The molecule has 110 valence electrons. The topological polar surface area (TPSA) is 90.0 Å². The van der Waals surface area contributed by atoms with Gasteiger partial charge in [-0.15, -0.1) is 0 Å². The highest BCUT2D eigenvalue weighted by molar-refractivity contribution is 5.83. The van der Waals surface area contributed by atoms with E-state index in [-0.39, 0.29) is 24.9 Å². The number of urea groups is 1. The molecule has 0 heterocycles. The van der Waals surface area contributed by atoms with Crippen molar-refractivity contribution < 1.29 is 19.5 Å². The van der Waals surface area contributed by atoms with Crippen molar-refractivity contribution in [2.45, 2.75) is 13.8 Å². The lowest BCUT2D eigenvalue weighted by atomic mass is 9.96. The molecule has 7 nitrogen and oxygen atoms in total. The molecule has 3 amide bonds. The van der Waals surface area contributed by atoms with E-state index in [0.717, 1.165) is 0 Å². The fourth-order valence-electron chi connectivity index (χ4n) is 1.36. The molecule has 1 unspecified atom stereocenters. The second-order valence-corrected chi connectivity index (χ2v) is 5.02. The summed E-state index contributed by atoms with van der Waals surface area (Å²) in [6.07, 6.45) is 0. The van der Waals surface area contributed by atoms with Gasteiger partial charge >= 0.3 is 12.0 Å². The Labute approximate surface area is 113 Å². The standard InChI is InChI=1S/C12H23N3O4/c1-8(2)9(11(17)18)6-13-12(19)15(5)7-10(16)14(3)4/h8-9H,6-7H2,1-5H3,(H,13,19)(H,17,18). The van der Waals surface area contributed by atoms with Crippen LogP contribution < -0.4 is 5.32 Å². The van der Waals surface area contributed by atoms with E-state index in [4.69, 9.17) is 5.11 Å². The fraction of sp³-hybridized carbons (Fsp3) is 0.750. The summed E-state index contributed by atoms with van der Waals surface area (Å²) in [5.41, 5.74) is 0. The Kier molecular flexibility index (Phi) is 6.89. The van der Waals surface area contributed by atoms with Crippen molar-refractivity contribution in [3.05, 3.63) is 0 Å². The Morgan fingerprint density at radius 1 is 1.16 bits per heavy atom. The maximum absolute atomic E-state index is 11.7. The van der Waals surface area contributed by atoms with Crippen molar-refractivity contribution in [1.82, 2.24) is 15.1 Å². The summed E-state index contributed by atoms with van der Waals surface area (Å²) in [5, 5.41) is 11.5. The molecule has 0 spiro atoms. The molecule has 0 rings (SSSR count). The Bertz CT molecular complexity index is 342. The summed E-state index contributed by atoms with van der Waals surface area (Å²) in [5.74, 6) is -1.85. The van der Waals surface area contributed by atoms with Crippen molar-refractivity contribution in [1.29, 1.82) is 0 Å². The third kappa shape index (κ3) is 6.08. The zero-order valence-electron chi connectivity index (χ0n) is 12.1. The van der Waals surface area contributed by atoms with Gasteiger partial charge in [-0.1, -0.05) is 13.8 Å². The Balaban J connectivity index is 4.30. The minimum atomic E-state index is -0.942. The number of carboxylic acids is 1. The van der Waals surface area contributed by atoms with E-state index in [1.807, 2.05) is 0 Å². The minimum Gasteiger partial charge on any atom is -0.481 e. The number of aliphatic carboxylic acids is 1. The van der Waals surface area contributed by atoms with Gasteiger partial charge in [-0.3, -0.25) is 9.59 Å². The highest BCUT2D eigenvalue weighted by atomic mass is 16.4. The predicted molar refractivity (Wildman–Crippen MR) is 70.7 cm³/mol. The lowest BCUT2D eigenvalue weighted by Gasteiger charge is -2.22. The maximum Gasteiger partial charge on any atom is 0.317 e. The van der Waals surface area contributed by atoms with E-state index in [1.165, 1.54) is 16.8 Å². The first kappa shape index (κ1) is 17.2. The van der Waals surface area contributed by atoms with Crippen molar-refractivity contribution in [2.24, 2.45) is 11.8 Å². The van der Waals surface area contributed by atoms with Crippen LogP contribution in [0.1, 0.15) is 13.8 Å². The van der Waals surface area contributed by atoms with E-state index >= 15 is 0 Å². The molecule has 2 N–H and O–H groups in total. The third-order valence-electron chi connectivity index (χ3n) is 2.81. The van der Waals surface area contributed by atoms with Gasteiger partial charge in [0.1, 0.15) is 6.54 Å². The summed E-state index contributed by atoms with van der Waals surface area (Å²) in [7, 11) is 4.70. The van der Waals surface area contributed by atoms with Crippen LogP contribution in [0.3, 0.4) is 0 Å². The van der Waals surface area contributed by atoms with Gasteiger partial charge in [-0.2, -0.15) is 0 Å². The van der Waals surface area contributed by atoms with Crippen LogP contribution in [0.15, 0.2) is 0 Å². The summed E-state index contributed by atoms with van der Waals surface area (Å²) in [4.78, 5) is 36.7. The molecular formula is C12H23N3O4. The number of rotatable bonds is 6. The van der Waals surface area contributed by atoms with Crippen LogP contribution in [0.25, 0.3) is 0 Å². The molecule has 0 radical (unpaired) electrons. The minimum absolute atomic E-state index is 0.0434. The van der Waals surface area contributed by atoms with E-state index in [0.29, 0.717) is 0 Å². The number of nitrogens with one attached hydrogen (secondary N) is 1. The molecule has 0 aliphatic heterocycles. The van der Waals surface area contributed by atoms with E-state index in [9.17, 15) is 14.4 Å². The number of carboxylic acid groups (broad SMARTS) is 1. The molecule has 0 fully saturated rings. The molecule has 0 aromatic rings. The Hall–Kier alpha value is -1.79. The maximum atomic E-state index is 11.7. The lowest BCUT2D eigenvalue weighted by molar-refractivity contribution is -0.143. The van der Waals surface area contributed by atoms with E-state index < -0.39 is 17.9 Å². The summed E-state index contributed by atoms with van der Waals surface area (Å²) >= 11 is 0. The monoisotopic (exact) mass is 273 g/mol. The predicted octanol–water partition coefficient (Wildman–Crippen LogP) is 0.0728. The molecule has 0 saturated heterocycles. The second kappa shape index (κ2) is 7.60.